The third kappa shape index (κ3) is 4.77. The van der Waals surface area contributed by atoms with Crippen LogP contribution in [-0.4, -0.2) is 29.6 Å². The highest BCUT2D eigenvalue weighted by Crippen LogP contribution is 2.34. The Hall–Kier alpha value is -4.26. The van der Waals surface area contributed by atoms with E-state index in [4.69, 9.17) is 13.9 Å². The van der Waals surface area contributed by atoms with Gasteiger partial charge in [0.1, 0.15) is 16.9 Å². The van der Waals surface area contributed by atoms with Crippen LogP contribution < -0.4 is 5.43 Å². The highest BCUT2D eigenvalue weighted by Gasteiger charge is 2.29. The molecule has 2 aromatic heterocycles. The molecule has 4 rings (SSSR count). The maximum Gasteiger partial charge on any atom is 0.341 e. The first-order valence-electron chi connectivity index (χ1n) is 11.5. The molecule has 4 aromatic rings. The number of nitrogens with zero attached hydrogens (tertiary/aromatic N) is 1. The number of carbonyl (C=O) groups is 2. The second-order valence-electron chi connectivity index (χ2n) is 9.45. The molecule has 0 unspecified atom stereocenters. The number of methoxy groups -OCH3 is 1. The summed E-state index contributed by atoms with van der Waals surface area (Å²) in [4.78, 5) is 43.0. The first-order valence-corrected chi connectivity index (χ1v) is 11.5. The number of benzene rings is 2. The molecule has 7 nitrogen and oxygen atoms in total. The fourth-order valence-electron chi connectivity index (χ4n) is 4.12. The summed E-state index contributed by atoms with van der Waals surface area (Å²) in [5, 5.41) is 0.505. The minimum Gasteiger partial charge on any atom is -0.465 e. The molecule has 0 atom stereocenters. The molecule has 0 aliphatic carbocycles. The lowest BCUT2D eigenvalue weighted by atomic mass is 9.91. The number of hydrogen-bond donors (Lipinski definition) is 0. The lowest BCUT2D eigenvalue weighted by Crippen LogP contribution is -2.26. The maximum atomic E-state index is 13.2. The van der Waals surface area contributed by atoms with Crippen LogP contribution >= 0.6 is 0 Å². The lowest BCUT2D eigenvalue weighted by molar-refractivity contribution is 0.00691. The Bertz CT molecular complexity index is 1540. The molecule has 0 saturated heterocycles. The van der Waals surface area contributed by atoms with Gasteiger partial charge in [0.15, 0.2) is 5.43 Å². The fraction of sp³-hybridized carbons (Fsp3) is 0.241. The number of fused-ring (bicyclic) bond motifs is 1. The van der Waals surface area contributed by atoms with Crippen LogP contribution in [0.5, 0.6) is 0 Å². The standard InChI is InChI=1S/C29H27NO6/c1-16-24(27(32)34-6)26(25(17(2)30-16)28(33)36-29(3,4)5)19-13-11-18(12-14-19)23-15-21(31)20-9-7-8-10-22(20)35-23/h7-15H,1-6H3. The number of esters is 2. The Morgan fingerprint density at radius 3 is 2.06 bits per heavy atom. The smallest absolute Gasteiger partial charge is 0.341 e. The van der Waals surface area contributed by atoms with Gasteiger partial charge in [0.25, 0.3) is 0 Å². The van der Waals surface area contributed by atoms with Gasteiger partial charge in [0.2, 0.25) is 0 Å². The van der Waals surface area contributed by atoms with E-state index >= 15 is 0 Å². The first-order chi connectivity index (χ1) is 17.0. The summed E-state index contributed by atoms with van der Waals surface area (Å²) in [6, 6.07) is 15.6. The van der Waals surface area contributed by atoms with Crippen LogP contribution in [0.2, 0.25) is 0 Å². The van der Waals surface area contributed by atoms with Gasteiger partial charge in [-0.05, 0) is 52.3 Å². The van der Waals surface area contributed by atoms with E-state index in [1.807, 2.05) is 0 Å². The van der Waals surface area contributed by atoms with E-state index < -0.39 is 17.5 Å². The zero-order valence-electron chi connectivity index (χ0n) is 21.1. The van der Waals surface area contributed by atoms with Gasteiger partial charge in [0.05, 0.1) is 35.0 Å². The molecule has 184 valence electrons. The van der Waals surface area contributed by atoms with Gasteiger partial charge in [-0.2, -0.15) is 0 Å². The number of para-hydroxylation sites is 1. The van der Waals surface area contributed by atoms with Crippen LogP contribution in [0.3, 0.4) is 0 Å². The van der Waals surface area contributed by atoms with Crippen molar-refractivity contribution >= 4 is 22.9 Å². The number of rotatable bonds is 4. The summed E-state index contributed by atoms with van der Waals surface area (Å²) >= 11 is 0. The number of hydrogen-bond acceptors (Lipinski definition) is 7. The first kappa shape index (κ1) is 24.9. The van der Waals surface area contributed by atoms with Crippen molar-refractivity contribution in [1.29, 1.82) is 0 Å². The largest absolute Gasteiger partial charge is 0.465 e. The zero-order valence-corrected chi connectivity index (χ0v) is 21.1. The van der Waals surface area contributed by atoms with Crippen LogP contribution in [-0.2, 0) is 9.47 Å². The molecule has 0 spiro atoms. The minimum atomic E-state index is -0.741. The second-order valence-corrected chi connectivity index (χ2v) is 9.45. The maximum absolute atomic E-state index is 13.2. The summed E-state index contributed by atoms with van der Waals surface area (Å²) in [6.45, 7) is 8.72. The van der Waals surface area contributed by atoms with E-state index in [0.717, 1.165) is 0 Å². The van der Waals surface area contributed by atoms with Gasteiger partial charge >= 0.3 is 11.9 Å². The third-order valence-corrected chi connectivity index (χ3v) is 5.64. The molecule has 0 fully saturated rings. The Kier molecular flexibility index (Phi) is 6.50. The summed E-state index contributed by atoms with van der Waals surface area (Å²) in [7, 11) is 1.28. The van der Waals surface area contributed by atoms with Crippen LogP contribution in [0, 0.1) is 13.8 Å². The Morgan fingerprint density at radius 2 is 1.44 bits per heavy atom. The lowest BCUT2D eigenvalue weighted by Gasteiger charge is -2.23. The molecule has 0 amide bonds. The quantitative estimate of drug-likeness (QED) is 0.333. The predicted molar refractivity (Wildman–Crippen MR) is 137 cm³/mol. The molecule has 2 heterocycles. The molecule has 0 aliphatic rings. The van der Waals surface area contributed by atoms with E-state index in [-0.39, 0.29) is 16.6 Å². The monoisotopic (exact) mass is 485 g/mol. The molecule has 0 aliphatic heterocycles. The van der Waals surface area contributed by atoms with Crippen molar-refractivity contribution in [2.24, 2.45) is 0 Å². The average molecular weight is 486 g/mol. The summed E-state index contributed by atoms with van der Waals surface area (Å²) in [6.07, 6.45) is 0. The number of aryl methyl sites for hydroxylation is 2. The van der Waals surface area contributed by atoms with Gasteiger partial charge in [-0.3, -0.25) is 9.78 Å². The molecular weight excluding hydrogens is 458 g/mol. The second kappa shape index (κ2) is 9.41. The molecule has 2 aromatic carbocycles. The number of ether oxygens (including phenoxy) is 2. The van der Waals surface area contributed by atoms with Crippen LogP contribution in [0.15, 0.2) is 63.8 Å². The van der Waals surface area contributed by atoms with Crippen molar-refractivity contribution in [3.05, 3.63) is 87.3 Å². The van der Waals surface area contributed by atoms with Crippen LogP contribution in [0.25, 0.3) is 33.4 Å². The summed E-state index contributed by atoms with van der Waals surface area (Å²) in [5.41, 5.74) is 2.51. The van der Waals surface area contributed by atoms with Crippen molar-refractivity contribution in [3.8, 4) is 22.5 Å². The van der Waals surface area contributed by atoms with E-state index in [2.05, 4.69) is 4.98 Å². The molecule has 0 bridgehead atoms. The average Bonchev–Trinajstić information content (AvgIpc) is 2.82. The van der Waals surface area contributed by atoms with E-state index in [1.54, 1.807) is 83.1 Å². The van der Waals surface area contributed by atoms with E-state index in [9.17, 15) is 14.4 Å². The molecular formula is C29H27NO6. The van der Waals surface area contributed by atoms with Gasteiger partial charge in [0, 0.05) is 17.2 Å². The predicted octanol–water partition coefficient (Wildman–Crippen LogP) is 5.88. The van der Waals surface area contributed by atoms with Crippen molar-refractivity contribution in [2.45, 2.75) is 40.2 Å². The SMILES string of the molecule is COC(=O)c1c(C)nc(C)c(C(=O)OC(C)(C)C)c1-c1ccc(-c2cc(=O)c3ccccc3o2)cc1. The van der Waals surface area contributed by atoms with Crippen molar-refractivity contribution in [2.75, 3.05) is 7.11 Å². The normalized spacial score (nSPS) is 11.4. The number of pyridine rings is 1. The van der Waals surface area contributed by atoms with Gasteiger partial charge in [-0.15, -0.1) is 0 Å². The summed E-state index contributed by atoms with van der Waals surface area (Å²) in [5.74, 6) is -0.783. The Labute approximate surface area is 208 Å². The van der Waals surface area contributed by atoms with E-state index in [0.29, 0.717) is 44.8 Å². The molecule has 0 radical (unpaired) electrons. The van der Waals surface area contributed by atoms with Gasteiger partial charge in [-0.25, -0.2) is 9.59 Å². The minimum absolute atomic E-state index is 0.142. The van der Waals surface area contributed by atoms with Crippen molar-refractivity contribution in [1.82, 2.24) is 4.98 Å². The van der Waals surface area contributed by atoms with Crippen LogP contribution in [0.4, 0.5) is 0 Å². The summed E-state index contributed by atoms with van der Waals surface area (Å²) < 4.78 is 16.6. The number of aromatic nitrogens is 1. The van der Waals surface area contributed by atoms with Crippen LogP contribution in [0.1, 0.15) is 52.9 Å². The number of carbonyl (C=O) groups excluding carboxylic acids is 2. The zero-order chi connectivity index (χ0) is 26.2. The Balaban J connectivity index is 1.89. The van der Waals surface area contributed by atoms with Gasteiger partial charge in [-0.1, -0.05) is 36.4 Å². The topological polar surface area (TPSA) is 95.7 Å². The van der Waals surface area contributed by atoms with Crippen molar-refractivity contribution < 1.29 is 23.5 Å². The van der Waals surface area contributed by atoms with E-state index in [1.165, 1.54) is 13.2 Å². The van der Waals surface area contributed by atoms with Gasteiger partial charge < -0.3 is 13.9 Å². The fourth-order valence-corrected chi connectivity index (χ4v) is 4.12. The molecule has 0 N–H and O–H groups in total. The third-order valence-electron chi connectivity index (χ3n) is 5.64. The van der Waals surface area contributed by atoms with Crippen molar-refractivity contribution in [3.63, 3.8) is 0 Å². The highest BCUT2D eigenvalue weighted by atomic mass is 16.6. The Morgan fingerprint density at radius 1 is 0.861 bits per heavy atom. The molecule has 36 heavy (non-hydrogen) atoms. The highest BCUT2D eigenvalue weighted by molar-refractivity contribution is 6.07. The molecule has 7 heteroatoms. The molecule has 0 saturated carbocycles.